The van der Waals surface area contributed by atoms with Crippen molar-refractivity contribution in [1.29, 1.82) is 0 Å². The van der Waals surface area contributed by atoms with Gasteiger partial charge in [-0.15, -0.1) is 0 Å². The average molecular weight is 365 g/mol. The second-order valence-electron chi connectivity index (χ2n) is 8.06. The van der Waals surface area contributed by atoms with Gasteiger partial charge in [0, 0.05) is 36.2 Å². The Morgan fingerprint density at radius 3 is 3.04 bits per heavy atom. The summed E-state index contributed by atoms with van der Waals surface area (Å²) in [6.07, 6.45) is 5.74. The number of hydrogen-bond donors (Lipinski definition) is 0. The van der Waals surface area contributed by atoms with Crippen LogP contribution < -0.4 is 9.62 Å². The maximum Gasteiger partial charge on any atom is 0.174 e. The quantitative estimate of drug-likeness (QED) is 0.749. The lowest BCUT2D eigenvalue weighted by molar-refractivity contribution is -0.195. The maximum atomic E-state index is 5.71. The zero-order chi connectivity index (χ0) is 18.2. The average Bonchev–Trinajstić information content (AvgIpc) is 3.35. The highest BCUT2D eigenvalue weighted by molar-refractivity contribution is 5.49. The summed E-state index contributed by atoms with van der Waals surface area (Å²) in [7, 11) is 2.25. The molecular formula is C23H27NO3. The van der Waals surface area contributed by atoms with E-state index in [1.165, 1.54) is 40.7 Å². The SMILES string of the molecule is CN(CCc1cccc2c1CCO2)C[C@@H]1CCCc2c1ccc1c2OOC1. The van der Waals surface area contributed by atoms with Gasteiger partial charge in [0.2, 0.25) is 0 Å². The Hall–Kier alpha value is -2.04. The van der Waals surface area contributed by atoms with Crippen LogP contribution in [0.4, 0.5) is 0 Å². The molecule has 1 atom stereocenters. The largest absolute Gasteiger partial charge is 0.493 e. The van der Waals surface area contributed by atoms with E-state index >= 15 is 0 Å². The smallest absolute Gasteiger partial charge is 0.174 e. The maximum absolute atomic E-state index is 5.71. The van der Waals surface area contributed by atoms with Crippen molar-refractivity contribution in [3.63, 3.8) is 0 Å². The fourth-order valence-corrected chi connectivity index (χ4v) is 4.88. The zero-order valence-corrected chi connectivity index (χ0v) is 16.0. The first-order valence-electron chi connectivity index (χ1n) is 10.2. The Balaban J connectivity index is 1.26. The van der Waals surface area contributed by atoms with Gasteiger partial charge < -0.3 is 14.5 Å². The van der Waals surface area contributed by atoms with Crippen LogP contribution in [0.2, 0.25) is 0 Å². The summed E-state index contributed by atoms with van der Waals surface area (Å²) in [5, 5.41) is 0. The molecule has 27 heavy (non-hydrogen) atoms. The molecule has 0 spiro atoms. The van der Waals surface area contributed by atoms with Gasteiger partial charge in [-0.3, -0.25) is 0 Å². The molecule has 2 aliphatic heterocycles. The van der Waals surface area contributed by atoms with Gasteiger partial charge in [-0.25, -0.2) is 0 Å². The van der Waals surface area contributed by atoms with Crippen molar-refractivity contribution in [3.8, 4) is 11.5 Å². The number of benzene rings is 2. The summed E-state index contributed by atoms with van der Waals surface area (Å²) in [6, 6.07) is 11.0. The van der Waals surface area contributed by atoms with Gasteiger partial charge in [0.15, 0.2) is 5.75 Å². The first kappa shape index (κ1) is 17.1. The Morgan fingerprint density at radius 1 is 1.11 bits per heavy atom. The molecule has 2 aromatic rings. The van der Waals surface area contributed by atoms with Crippen LogP contribution in [0, 0.1) is 0 Å². The van der Waals surface area contributed by atoms with E-state index < -0.39 is 0 Å². The molecule has 0 radical (unpaired) electrons. The third-order valence-electron chi connectivity index (χ3n) is 6.29. The van der Waals surface area contributed by atoms with Crippen LogP contribution in [0.3, 0.4) is 0 Å². The number of nitrogens with zero attached hydrogens (tertiary/aromatic N) is 1. The van der Waals surface area contributed by atoms with E-state index in [1.807, 2.05) is 0 Å². The molecule has 0 fully saturated rings. The second kappa shape index (κ2) is 7.17. The molecule has 0 bridgehead atoms. The van der Waals surface area contributed by atoms with Gasteiger partial charge in [0.05, 0.1) is 6.61 Å². The summed E-state index contributed by atoms with van der Waals surface area (Å²) in [4.78, 5) is 13.2. The molecule has 1 aliphatic carbocycles. The Labute approximate surface area is 161 Å². The minimum Gasteiger partial charge on any atom is -0.493 e. The lowest BCUT2D eigenvalue weighted by Crippen LogP contribution is -2.29. The number of likely N-dealkylation sites (N-methyl/N-ethyl adjacent to an activating group) is 1. The van der Waals surface area contributed by atoms with Crippen molar-refractivity contribution in [2.24, 2.45) is 0 Å². The molecule has 0 unspecified atom stereocenters. The van der Waals surface area contributed by atoms with Crippen molar-refractivity contribution >= 4 is 0 Å². The molecule has 4 heteroatoms. The normalized spacial score (nSPS) is 20.0. The topological polar surface area (TPSA) is 30.9 Å². The summed E-state index contributed by atoms with van der Waals surface area (Å²) in [5.41, 5.74) is 6.91. The predicted molar refractivity (Wildman–Crippen MR) is 104 cm³/mol. The first-order chi connectivity index (χ1) is 13.3. The van der Waals surface area contributed by atoms with Crippen LogP contribution in [0.1, 0.15) is 46.6 Å². The molecular weight excluding hydrogens is 338 g/mol. The standard InChI is InChI=1S/C23H27NO3/c1-24(12-10-16-4-3-7-22-20(16)11-13-25-22)14-17-5-2-6-21-19(17)9-8-18-15-26-27-23(18)21/h3-4,7-9,17H,2,5-6,10-15H2,1H3/t17-/m0/s1. The van der Waals surface area contributed by atoms with Crippen LogP contribution in [-0.4, -0.2) is 31.6 Å². The number of rotatable bonds is 5. The van der Waals surface area contributed by atoms with Crippen molar-refractivity contribution in [2.75, 3.05) is 26.7 Å². The van der Waals surface area contributed by atoms with Crippen molar-refractivity contribution in [1.82, 2.24) is 4.90 Å². The molecule has 0 aromatic heterocycles. The van der Waals surface area contributed by atoms with E-state index in [9.17, 15) is 0 Å². The Bertz CT molecular complexity index is 848. The third-order valence-corrected chi connectivity index (χ3v) is 6.29. The van der Waals surface area contributed by atoms with Crippen molar-refractivity contribution in [2.45, 2.75) is 44.6 Å². The van der Waals surface area contributed by atoms with Crippen LogP contribution in [-0.2, 0) is 30.8 Å². The highest BCUT2D eigenvalue weighted by Gasteiger charge is 2.28. The van der Waals surface area contributed by atoms with Crippen LogP contribution in [0.5, 0.6) is 11.5 Å². The summed E-state index contributed by atoms with van der Waals surface area (Å²) in [5.74, 6) is 2.67. The van der Waals surface area contributed by atoms with Gasteiger partial charge in [-0.1, -0.05) is 24.3 Å². The van der Waals surface area contributed by atoms with Gasteiger partial charge in [-0.2, -0.15) is 4.89 Å². The molecule has 0 saturated carbocycles. The van der Waals surface area contributed by atoms with E-state index in [0.717, 1.165) is 50.5 Å². The minimum atomic E-state index is 0.582. The van der Waals surface area contributed by atoms with Crippen molar-refractivity contribution < 1.29 is 14.5 Å². The lowest BCUT2D eigenvalue weighted by atomic mass is 9.81. The molecule has 142 valence electrons. The van der Waals surface area contributed by atoms with Gasteiger partial charge >= 0.3 is 0 Å². The Morgan fingerprint density at radius 2 is 2.07 bits per heavy atom. The van der Waals surface area contributed by atoms with Gasteiger partial charge in [0.1, 0.15) is 12.4 Å². The van der Waals surface area contributed by atoms with Crippen LogP contribution >= 0.6 is 0 Å². The van der Waals surface area contributed by atoms with Gasteiger partial charge in [0.25, 0.3) is 0 Å². The molecule has 0 amide bonds. The molecule has 2 heterocycles. The molecule has 3 aliphatic rings. The number of ether oxygens (including phenoxy) is 1. The zero-order valence-electron chi connectivity index (χ0n) is 16.0. The third kappa shape index (κ3) is 3.21. The lowest BCUT2D eigenvalue weighted by Gasteiger charge is -2.30. The molecule has 5 rings (SSSR count). The molecule has 0 N–H and O–H groups in total. The fraction of sp³-hybridized carbons (Fsp3) is 0.478. The number of fused-ring (bicyclic) bond motifs is 4. The molecule has 4 nitrogen and oxygen atoms in total. The highest BCUT2D eigenvalue weighted by atomic mass is 17.2. The summed E-state index contributed by atoms with van der Waals surface area (Å²) < 4.78 is 5.71. The van der Waals surface area contributed by atoms with Crippen LogP contribution in [0.15, 0.2) is 30.3 Å². The van der Waals surface area contributed by atoms with E-state index in [2.05, 4.69) is 42.3 Å². The monoisotopic (exact) mass is 365 g/mol. The second-order valence-corrected chi connectivity index (χ2v) is 8.06. The fourth-order valence-electron chi connectivity index (χ4n) is 4.88. The predicted octanol–water partition coefficient (Wildman–Crippen LogP) is 4.04. The summed E-state index contributed by atoms with van der Waals surface area (Å²) >= 11 is 0. The van der Waals surface area contributed by atoms with Gasteiger partial charge in [-0.05, 0) is 55.8 Å². The summed E-state index contributed by atoms with van der Waals surface area (Å²) in [6.45, 7) is 3.58. The van der Waals surface area contributed by atoms with E-state index in [-0.39, 0.29) is 0 Å². The minimum absolute atomic E-state index is 0.582. The molecule has 2 aromatic carbocycles. The van der Waals surface area contributed by atoms with E-state index in [0.29, 0.717) is 12.5 Å². The van der Waals surface area contributed by atoms with Crippen molar-refractivity contribution in [3.05, 3.63) is 58.1 Å². The molecule has 0 saturated heterocycles. The van der Waals surface area contributed by atoms with Crippen LogP contribution in [0.25, 0.3) is 0 Å². The first-order valence-corrected chi connectivity index (χ1v) is 10.2. The highest BCUT2D eigenvalue weighted by Crippen LogP contribution is 2.41. The Kier molecular flexibility index (Phi) is 4.54. The number of hydrogen-bond acceptors (Lipinski definition) is 4. The van der Waals surface area contributed by atoms with E-state index in [1.54, 1.807) is 0 Å². The van der Waals surface area contributed by atoms with E-state index in [4.69, 9.17) is 14.5 Å².